The van der Waals surface area contributed by atoms with Crippen LogP contribution in [0.4, 0.5) is 13.2 Å². The molecule has 0 saturated carbocycles. The maximum atomic E-state index is 12.7. The zero-order chi connectivity index (χ0) is 14.0. The zero-order valence-corrected chi connectivity index (χ0v) is 11.4. The van der Waals surface area contributed by atoms with Crippen LogP contribution in [0.3, 0.4) is 0 Å². The van der Waals surface area contributed by atoms with Gasteiger partial charge < -0.3 is 5.32 Å². The van der Waals surface area contributed by atoms with Gasteiger partial charge in [0.1, 0.15) is 0 Å². The summed E-state index contributed by atoms with van der Waals surface area (Å²) in [6.45, 7) is 5.07. The summed E-state index contributed by atoms with van der Waals surface area (Å²) < 4.78 is 38.1. The summed E-state index contributed by atoms with van der Waals surface area (Å²) in [7, 11) is 0. The first-order chi connectivity index (χ1) is 8.84. The van der Waals surface area contributed by atoms with Crippen molar-refractivity contribution < 1.29 is 13.2 Å². The molecule has 1 aliphatic heterocycles. The number of nitrogens with one attached hydrogen (secondary N) is 1. The van der Waals surface area contributed by atoms with Crippen LogP contribution in [0.25, 0.3) is 0 Å². The van der Waals surface area contributed by atoms with Gasteiger partial charge in [-0.3, -0.25) is 4.90 Å². The molecule has 0 aliphatic carbocycles. The second-order valence-corrected chi connectivity index (χ2v) is 5.37. The zero-order valence-electron chi connectivity index (χ0n) is 10.6. The molecular formula is C13H16ClF3N2. The van der Waals surface area contributed by atoms with Gasteiger partial charge in [-0.15, -0.1) is 0 Å². The van der Waals surface area contributed by atoms with E-state index in [0.717, 1.165) is 25.7 Å². The molecule has 19 heavy (non-hydrogen) atoms. The predicted molar refractivity (Wildman–Crippen MR) is 69.2 cm³/mol. The summed E-state index contributed by atoms with van der Waals surface area (Å²) >= 11 is 5.77. The predicted octanol–water partition coefficient (Wildman–Crippen LogP) is 3.15. The Hall–Kier alpha value is -0.780. The topological polar surface area (TPSA) is 15.3 Å². The summed E-state index contributed by atoms with van der Waals surface area (Å²) in [5, 5.41) is 3.43. The van der Waals surface area contributed by atoms with Crippen LogP contribution in [0.1, 0.15) is 18.1 Å². The van der Waals surface area contributed by atoms with Gasteiger partial charge in [0.15, 0.2) is 0 Å². The molecule has 1 unspecified atom stereocenters. The average molecular weight is 293 g/mol. The second-order valence-electron chi connectivity index (χ2n) is 4.94. The van der Waals surface area contributed by atoms with Crippen molar-refractivity contribution >= 4 is 11.6 Å². The summed E-state index contributed by atoms with van der Waals surface area (Å²) in [5.74, 6) is 0. The van der Waals surface area contributed by atoms with Crippen LogP contribution in [0, 0.1) is 0 Å². The van der Waals surface area contributed by atoms with Gasteiger partial charge in [0.25, 0.3) is 0 Å². The van der Waals surface area contributed by atoms with E-state index in [9.17, 15) is 13.2 Å². The Kier molecular flexibility index (Phi) is 4.38. The van der Waals surface area contributed by atoms with Crippen LogP contribution in [0.15, 0.2) is 18.2 Å². The molecule has 1 atom stereocenters. The molecule has 106 valence electrons. The van der Waals surface area contributed by atoms with Crippen molar-refractivity contribution in [3.63, 3.8) is 0 Å². The highest BCUT2D eigenvalue weighted by atomic mass is 35.5. The second kappa shape index (κ2) is 5.69. The summed E-state index contributed by atoms with van der Waals surface area (Å²) in [5.41, 5.74) is -0.0768. The minimum atomic E-state index is -4.35. The van der Waals surface area contributed by atoms with Crippen LogP contribution in [-0.2, 0) is 12.7 Å². The van der Waals surface area contributed by atoms with E-state index in [1.165, 1.54) is 6.07 Å². The highest BCUT2D eigenvalue weighted by molar-refractivity contribution is 6.30. The quantitative estimate of drug-likeness (QED) is 0.901. The third kappa shape index (κ3) is 4.09. The van der Waals surface area contributed by atoms with Crippen molar-refractivity contribution in [3.05, 3.63) is 34.3 Å². The molecule has 1 saturated heterocycles. The summed E-state index contributed by atoms with van der Waals surface area (Å²) in [6, 6.07) is 4.10. The molecule has 1 N–H and O–H groups in total. The van der Waals surface area contributed by atoms with Crippen LogP contribution in [-0.4, -0.2) is 30.6 Å². The SMILES string of the molecule is CC1CN(Cc2cc(Cl)cc(C(F)(F)F)c2)CCN1. The number of benzene rings is 1. The monoisotopic (exact) mass is 292 g/mol. The number of halogens is 4. The van der Waals surface area contributed by atoms with Gasteiger partial charge in [0.05, 0.1) is 5.56 Å². The molecular weight excluding hydrogens is 277 g/mol. The molecule has 2 rings (SSSR count). The molecule has 0 spiro atoms. The molecule has 0 bridgehead atoms. The standard InChI is InChI=1S/C13H16ClF3N2/c1-9-7-19(3-2-18-9)8-10-4-11(13(15,16)17)6-12(14)5-10/h4-6,9,18H,2-3,7-8H2,1H3. The smallest absolute Gasteiger partial charge is 0.312 e. The largest absolute Gasteiger partial charge is 0.416 e. The van der Waals surface area contributed by atoms with E-state index in [4.69, 9.17) is 11.6 Å². The van der Waals surface area contributed by atoms with Crippen molar-refractivity contribution in [2.24, 2.45) is 0 Å². The maximum Gasteiger partial charge on any atom is 0.416 e. The van der Waals surface area contributed by atoms with Crippen molar-refractivity contribution in [3.8, 4) is 0 Å². The maximum absolute atomic E-state index is 12.7. The lowest BCUT2D eigenvalue weighted by molar-refractivity contribution is -0.137. The van der Waals surface area contributed by atoms with E-state index < -0.39 is 11.7 Å². The van der Waals surface area contributed by atoms with Crippen molar-refractivity contribution in [2.75, 3.05) is 19.6 Å². The number of hydrogen-bond acceptors (Lipinski definition) is 2. The van der Waals surface area contributed by atoms with Gasteiger partial charge in [-0.05, 0) is 30.7 Å². The minimum absolute atomic E-state index is 0.132. The van der Waals surface area contributed by atoms with Crippen LogP contribution >= 0.6 is 11.6 Å². The number of alkyl halides is 3. The third-order valence-electron chi connectivity index (χ3n) is 3.14. The van der Waals surface area contributed by atoms with E-state index in [1.807, 2.05) is 0 Å². The number of nitrogens with zero attached hydrogens (tertiary/aromatic N) is 1. The Bertz CT molecular complexity index is 448. The van der Waals surface area contributed by atoms with Gasteiger partial charge in [0, 0.05) is 37.2 Å². The molecule has 2 nitrogen and oxygen atoms in total. The number of rotatable bonds is 2. The van der Waals surface area contributed by atoms with Gasteiger partial charge in [-0.1, -0.05) is 11.6 Å². The summed E-state index contributed by atoms with van der Waals surface area (Å²) in [4.78, 5) is 2.13. The molecule has 0 aromatic heterocycles. The van der Waals surface area contributed by atoms with Crippen molar-refractivity contribution in [1.82, 2.24) is 10.2 Å². The Labute approximate surface area is 115 Å². The fraction of sp³-hybridized carbons (Fsp3) is 0.538. The Morgan fingerprint density at radius 2 is 2.11 bits per heavy atom. The van der Waals surface area contributed by atoms with Crippen LogP contribution in [0.5, 0.6) is 0 Å². The minimum Gasteiger partial charge on any atom is -0.312 e. The van der Waals surface area contributed by atoms with E-state index in [1.54, 1.807) is 6.07 Å². The Balaban J connectivity index is 2.14. The average Bonchev–Trinajstić information content (AvgIpc) is 2.26. The fourth-order valence-corrected chi connectivity index (χ4v) is 2.58. The van der Waals surface area contributed by atoms with E-state index in [0.29, 0.717) is 18.2 Å². The van der Waals surface area contributed by atoms with Gasteiger partial charge >= 0.3 is 6.18 Å². The summed E-state index contributed by atoms with van der Waals surface area (Å²) in [6.07, 6.45) is -4.35. The van der Waals surface area contributed by atoms with Crippen LogP contribution < -0.4 is 5.32 Å². The number of piperazine rings is 1. The Morgan fingerprint density at radius 1 is 1.37 bits per heavy atom. The molecule has 1 aromatic carbocycles. The first kappa shape index (κ1) is 14.6. The van der Waals surface area contributed by atoms with E-state index >= 15 is 0 Å². The number of hydrogen-bond donors (Lipinski definition) is 1. The molecule has 1 aliphatic rings. The Morgan fingerprint density at radius 3 is 2.74 bits per heavy atom. The van der Waals surface area contributed by atoms with E-state index in [-0.39, 0.29) is 5.02 Å². The third-order valence-corrected chi connectivity index (χ3v) is 3.36. The highest BCUT2D eigenvalue weighted by Crippen LogP contribution is 2.32. The lowest BCUT2D eigenvalue weighted by Gasteiger charge is -2.32. The molecule has 0 radical (unpaired) electrons. The van der Waals surface area contributed by atoms with Gasteiger partial charge in [-0.25, -0.2) is 0 Å². The van der Waals surface area contributed by atoms with Crippen molar-refractivity contribution in [1.29, 1.82) is 0 Å². The molecule has 6 heteroatoms. The molecule has 0 amide bonds. The molecule has 1 aromatic rings. The van der Waals surface area contributed by atoms with Crippen LogP contribution in [0.2, 0.25) is 5.02 Å². The van der Waals surface area contributed by atoms with E-state index in [2.05, 4.69) is 17.1 Å². The molecule has 1 fully saturated rings. The fourth-order valence-electron chi connectivity index (χ4n) is 2.32. The van der Waals surface area contributed by atoms with Gasteiger partial charge in [-0.2, -0.15) is 13.2 Å². The van der Waals surface area contributed by atoms with Gasteiger partial charge in [0.2, 0.25) is 0 Å². The lowest BCUT2D eigenvalue weighted by Crippen LogP contribution is -2.48. The highest BCUT2D eigenvalue weighted by Gasteiger charge is 2.31. The normalized spacial score (nSPS) is 21.6. The first-order valence-corrected chi connectivity index (χ1v) is 6.55. The lowest BCUT2D eigenvalue weighted by atomic mass is 10.1. The van der Waals surface area contributed by atoms with Crippen molar-refractivity contribution in [2.45, 2.75) is 25.7 Å². The molecule has 1 heterocycles. The first-order valence-electron chi connectivity index (χ1n) is 6.17.